The van der Waals surface area contributed by atoms with Crippen molar-refractivity contribution >= 4 is 11.6 Å². The fourth-order valence-corrected chi connectivity index (χ4v) is 2.22. The van der Waals surface area contributed by atoms with E-state index in [4.69, 9.17) is 11.6 Å². The van der Waals surface area contributed by atoms with E-state index >= 15 is 0 Å². The molecule has 0 radical (unpaired) electrons. The molecule has 0 aromatic carbocycles. The highest BCUT2D eigenvalue weighted by molar-refractivity contribution is 6.25. The lowest BCUT2D eigenvalue weighted by Crippen LogP contribution is -2.51. The number of nitrogens with zero attached hydrogens (tertiary/aromatic N) is 1. The molecule has 15 heavy (non-hydrogen) atoms. The molecule has 0 spiro atoms. The van der Waals surface area contributed by atoms with E-state index in [1.54, 1.807) is 5.54 Å². The quantitative estimate of drug-likeness (QED) is 0.798. The SMILES string of the molecule is CC(=CCl)CN1CCNC(CC(C)C)C1. The van der Waals surface area contributed by atoms with Gasteiger partial charge in [-0.1, -0.05) is 25.4 Å². The lowest BCUT2D eigenvalue weighted by molar-refractivity contribution is 0.199. The minimum absolute atomic E-state index is 0.655. The van der Waals surface area contributed by atoms with E-state index in [1.165, 1.54) is 12.0 Å². The van der Waals surface area contributed by atoms with Crippen molar-refractivity contribution in [2.75, 3.05) is 26.2 Å². The first-order valence-corrected chi connectivity index (χ1v) is 6.27. The molecule has 3 heteroatoms. The average Bonchev–Trinajstić information content (AvgIpc) is 2.17. The van der Waals surface area contributed by atoms with Gasteiger partial charge in [0.25, 0.3) is 0 Å². The summed E-state index contributed by atoms with van der Waals surface area (Å²) in [5, 5.41) is 3.58. The molecule has 1 rings (SSSR count). The van der Waals surface area contributed by atoms with Crippen molar-refractivity contribution in [3.8, 4) is 0 Å². The summed E-state index contributed by atoms with van der Waals surface area (Å²) in [6, 6.07) is 0.655. The van der Waals surface area contributed by atoms with Crippen LogP contribution in [0.5, 0.6) is 0 Å². The summed E-state index contributed by atoms with van der Waals surface area (Å²) >= 11 is 5.69. The molecule has 0 aromatic rings. The van der Waals surface area contributed by atoms with E-state index in [0.717, 1.165) is 32.1 Å². The van der Waals surface area contributed by atoms with Gasteiger partial charge in [0, 0.05) is 37.8 Å². The Morgan fingerprint density at radius 3 is 2.93 bits per heavy atom. The van der Waals surface area contributed by atoms with Crippen molar-refractivity contribution in [3.05, 3.63) is 11.1 Å². The van der Waals surface area contributed by atoms with Crippen molar-refractivity contribution in [2.24, 2.45) is 5.92 Å². The summed E-state index contributed by atoms with van der Waals surface area (Å²) in [6.45, 7) is 11.1. The second kappa shape index (κ2) is 6.51. The molecule has 1 aliphatic heterocycles. The number of hydrogen-bond acceptors (Lipinski definition) is 2. The molecule has 0 bridgehead atoms. The zero-order valence-electron chi connectivity index (χ0n) is 10.1. The van der Waals surface area contributed by atoms with E-state index in [0.29, 0.717) is 6.04 Å². The molecule has 88 valence electrons. The average molecular weight is 231 g/mol. The highest BCUT2D eigenvalue weighted by Crippen LogP contribution is 2.10. The van der Waals surface area contributed by atoms with Gasteiger partial charge >= 0.3 is 0 Å². The molecule has 1 atom stereocenters. The summed E-state index contributed by atoms with van der Waals surface area (Å²) in [5.74, 6) is 0.770. The molecular weight excluding hydrogens is 208 g/mol. The van der Waals surface area contributed by atoms with E-state index in [2.05, 4.69) is 31.0 Å². The van der Waals surface area contributed by atoms with Gasteiger partial charge in [-0.05, 0) is 24.8 Å². The van der Waals surface area contributed by atoms with Gasteiger partial charge in [-0.3, -0.25) is 4.90 Å². The molecule has 1 saturated heterocycles. The predicted octanol–water partition coefficient (Wildman–Crippen LogP) is 2.45. The topological polar surface area (TPSA) is 15.3 Å². The standard InChI is InChI=1S/C12H23ClN2/c1-10(2)6-12-9-15(5-4-14-12)8-11(3)7-13/h7,10,12,14H,4-6,8-9H2,1-3H3. The third-order valence-corrected chi connectivity index (χ3v) is 3.13. The largest absolute Gasteiger partial charge is 0.311 e. The van der Waals surface area contributed by atoms with Gasteiger partial charge in [-0.2, -0.15) is 0 Å². The van der Waals surface area contributed by atoms with Gasteiger partial charge in [0.2, 0.25) is 0 Å². The summed E-state index contributed by atoms with van der Waals surface area (Å²) in [5.41, 5.74) is 2.95. The van der Waals surface area contributed by atoms with E-state index in [1.807, 2.05) is 0 Å². The molecule has 1 heterocycles. The third-order valence-electron chi connectivity index (χ3n) is 2.75. The molecule has 1 unspecified atom stereocenters. The van der Waals surface area contributed by atoms with Crippen LogP contribution in [0.25, 0.3) is 0 Å². The Hall–Kier alpha value is -0.0500. The normalized spacial score (nSPS) is 24.9. The molecule has 0 aliphatic carbocycles. The first-order chi connectivity index (χ1) is 7.11. The van der Waals surface area contributed by atoms with Crippen molar-refractivity contribution in [1.82, 2.24) is 10.2 Å². The zero-order chi connectivity index (χ0) is 11.3. The van der Waals surface area contributed by atoms with Gasteiger partial charge in [0.1, 0.15) is 0 Å². The fraction of sp³-hybridized carbons (Fsp3) is 0.833. The molecule has 1 N–H and O–H groups in total. The molecule has 0 aromatic heterocycles. The van der Waals surface area contributed by atoms with Crippen LogP contribution in [0.4, 0.5) is 0 Å². The van der Waals surface area contributed by atoms with Crippen LogP contribution in [-0.2, 0) is 0 Å². The minimum Gasteiger partial charge on any atom is -0.311 e. The number of nitrogens with one attached hydrogen (secondary N) is 1. The van der Waals surface area contributed by atoms with E-state index in [-0.39, 0.29) is 0 Å². The second-order valence-electron chi connectivity index (χ2n) is 4.97. The Kier molecular flexibility index (Phi) is 5.65. The second-order valence-corrected chi connectivity index (χ2v) is 5.19. The highest BCUT2D eigenvalue weighted by Gasteiger charge is 2.19. The van der Waals surface area contributed by atoms with Gasteiger partial charge < -0.3 is 5.32 Å². The summed E-state index contributed by atoms with van der Waals surface area (Å²) in [7, 11) is 0. The number of hydrogen-bond donors (Lipinski definition) is 1. The van der Waals surface area contributed by atoms with Gasteiger partial charge in [0.15, 0.2) is 0 Å². The Morgan fingerprint density at radius 1 is 1.60 bits per heavy atom. The highest BCUT2D eigenvalue weighted by atomic mass is 35.5. The Labute approximate surface area is 98.7 Å². The van der Waals surface area contributed by atoms with Crippen molar-refractivity contribution < 1.29 is 0 Å². The van der Waals surface area contributed by atoms with Crippen LogP contribution in [-0.4, -0.2) is 37.1 Å². The van der Waals surface area contributed by atoms with Crippen LogP contribution in [0.3, 0.4) is 0 Å². The maximum absolute atomic E-state index is 5.69. The summed E-state index contributed by atoms with van der Waals surface area (Å²) in [4.78, 5) is 2.48. The smallest absolute Gasteiger partial charge is 0.0203 e. The zero-order valence-corrected chi connectivity index (χ0v) is 10.8. The summed E-state index contributed by atoms with van der Waals surface area (Å²) < 4.78 is 0. The number of halogens is 1. The molecule has 0 saturated carbocycles. The van der Waals surface area contributed by atoms with Gasteiger partial charge in [-0.25, -0.2) is 0 Å². The molecular formula is C12H23ClN2. The van der Waals surface area contributed by atoms with Crippen LogP contribution in [0.15, 0.2) is 11.1 Å². The lowest BCUT2D eigenvalue weighted by Gasteiger charge is -2.34. The van der Waals surface area contributed by atoms with Crippen LogP contribution in [0, 0.1) is 5.92 Å². The molecule has 0 amide bonds. The Morgan fingerprint density at radius 2 is 2.33 bits per heavy atom. The van der Waals surface area contributed by atoms with Gasteiger partial charge in [0.05, 0.1) is 0 Å². The maximum atomic E-state index is 5.69. The van der Waals surface area contributed by atoms with Crippen molar-refractivity contribution in [3.63, 3.8) is 0 Å². The van der Waals surface area contributed by atoms with Crippen LogP contribution < -0.4 is 5.32 Å². The van der Waals surface area contributed by atoms with Crippen LogP contribution in [0.2, 0.25) is 0 Å². The van der Waals surface area contributed by atoms with Crippen LogP contribution in [0.1, 0.15) is 27.2 Å². The van der Waals surface area contributed by atoms with Crippen molar-refractivity contribution in [2.45, 2.75) is 33.2 Å². The predicted molar refractivity (Wildman–Crippen MR) is 67.3 cm³/mol. The third kappa shape index (κ3) is 5.01. The Bertz CT molecular complexity index is 214. The van der Waals surface area contributed by atoms with E-state index < -0.39 is 0 Å². The minimum atomic E-state index is 0.655. The van der Waals surface area contributed by atoms with Crippen LogP contribution >= 0.6 is 11.6 Å². The van der Waals surface area contributed by atoms with Crippen molar-refractivity contribution in [1.29, 1.82) is 0 Å². The number of rotatable bonds is 4. The first-order valence-electron chi connectivity index (χ1n) is 5.83. The summed E-state index contributed by atoms with van der Waals surface area (Å²) in [6.07, 6.45) is 1.26. The molecule has 2 nitrogen and oxygen atoms in total. The van der Waals surface area contributed by atoms with E-state index in [9.17, 15) is 0 Å². The maximum Gasteiger partial charge on any atom is 0.0203 e. The lowest BCUT2D eigenvalue weighted by atomic mass is 10.0. The van der Waals surface area contributed by atoms with Gasteiger partial charge in [-0.15, -0.1) is 0 Å². The Balaban J connectivity index is 2.35. The first kappa shape index (κ1) is 13.0. The number of piperazine rings is 1. The monoisotopic (exact) mass is 230 g/mol. The molecule has 1 aliphatic rings. The molecule has 1 fully saturated rings. The fourth-order valence-electron chi connectivity index (χ4n) is 2.15.